The van der Waals surface area contributed by atoms with Crippen molar-refractivity contribution in [2.75, 3.05) is 23.3 Å². The van der Waals surface area contributed by atoms with Crippen molar-refractivity contribution < 1.29 is 23.6 Å². The molecular formula is C32H32N6O5S. The predicted octanol–water partition coefficient (Wildman–Crippen LogP) is 4.57. The second-order valence-electron chi connectivity index (χ2n) is 10.9. The average Bonchev–Trinajstić information content (AvgIpc) is 3.85. The lowest BCUT2D eigenvalue weighted by atomic mass is 10.1. The smallest absolute Gasteiger partial charge is 0.248 e. The van der Waals surface area contributed by atoms with Gasteiger partial charge >= 0.3 is 0 Å². The van der Waals surface area contributed by atoms with E-state index in [9.17, 15) is 19.2 Å². The van der Waals surface area contributed by atoms with Crippen LogP contribution in [0.1, 0.15) is 37.5 Å². The van der Waals surface area contributed by atoms with Crippen molar-refractivity contribution in [1.82, 2.24) is 20.0 Å². The number of hydrogen-bond acceptors (Lipinski definition) is 9. The molecule has 4 amide bonds. The third-order valence-corrected chi connectivity index (χ3v) is 8.95. The highest BCUT2D eigenvalue weighted by Crippen LogP contribution is 2.31. The van der Waals surface area contributed by atoms with Gasteiger partial charge in [0.05, 0.1) is 6.42 Å². The van der Waals surface area contributed by atoms with Gasteiger partial charge in [0, 0.05) is 47.4 Å². The number of hydrogen-bond donors (Lipinski definition) is 1. The number of carbonyl (C=O) groups excluding carboxylic acids is 4. The summed E-state index contributed by atoms with van der Waals surface area (Å²) in [5.41, 5.74) is 2.95. The van der Waals surface area contributed by atoms with E-state index in [2.05, 4.69) is 15.5 Å². The molecular weight excluding hydrogens is 580 g/mol. The molecule has 1 unspecified atom stereocenters. The molecule has 1 N–H and O–H groups in total. The fourth-order valence-corrected chi connectivity index (χ4v) is 6.56. The number of anilines is 2. The first kappa shape index (κ1) is 29.2. The molecule has 12 heteroatoms. The van der Waals surface area contributed by atoms with Gasteiger partial charge < -0.3 is 19.5 Å². The molecule has 6 rings (SSSR count). The Balaban J connectivity index is 1.08. The van der Waals surface area contributed by atoms with Gasteiger partial charge in [0.15, 0.2) is 0 Å². The van der Waals surface area contributed by atoms with Crippen LogP contribution in [0.5, 0.6) is 0 Å². The zero-order valence-corrected chi connectivity index (χ0v) is 25.0. The molecule has 11 nitrogen and oxygen atoms in total. The van der Waals surface area contributed by atoms with Crippen molar-refractivity contribution in [3.05, 3.63) is 70.9 Å². The quantitative estimate of drug-likeness (QED) is 0.272. The van der Waals surface area contributed by atoms with Gasteiger partial charge in [-0.1, -0.05) is 6.07 Å². The van der Waals surface area contributed by atoms with E-state index in [0.717, 1.165) is 41.9 Å². The molecule has 4 heterocycles. The second-order valence-corrected chi connectivity index (χ2v) is 11.9. The SMILES string of the molecule is CC(=O)N(C=O)C1CCCN1c1ccc(-c2nnc(-c3ccc(NC(=O)[C@@H]4CCCN4C(=O)Cc4cccs4)cc3)o2)cc1. The lowest BCUT2D eigenvalue weighted by molar-refractivity contribution is -0.138. The van der Waals surface area contributed by atoms with E-state index in [1.54, 1.807) is 40.5 Å². The molecule has 0 bridgehead atoms. The maximum atomic E-state index is 13.1. The summed E-state index contributed by atoms with van der Waals surface area (Å²) in [7, 11) is 0. The van der Waals surface area contributed by atoms with E-state index >= 15 is 0 Å². The summed E-state index contributed by atoms with van der Waals surface area (Å²) in [4.78, 5) is 55.3. The molecule has 2 fully saturated rings. The second kappa shape index (κ2) is 12.8. The van der Waals surface area contributed by atoms with Crippen LogP contribution in [0.3, 0.4) is 0 Å². The molecule has 0 spiro atoms. The Bertz CT molecular complexity index is 1640. The van der Waals surface area contributed by atoms with Crippen LogP contribution in [0.15, 0.2) is 70.5 Å². The van der Waals surface area contributed by atoms with Crippen LogP contribution in [0, 0.1) is 0 Å². The number of amides is 4. The first-order chi connectivity index (χ1) is 21.4. The Hall–Kier alpha value is -4.84. The predicted molar refractivity (Wildman–Crippen MR) is 166 cm³/mol. The van der Waals surface area contributed by atoms with Crippen molar-refractivity contribution in [2.45, 2.75) is 51.2 Å². The lowest BCUT2D eigenvalue weighted by Gasteiger charge is -2.32. The number of nitrogens with one attached hydrogen (secondary N) is 1. The molecule has 2 aliphatic heterocycles. The molecule has 0 radical (unpaired) electrons. The van der Waals surface area contributed by atoms with Gasteiger partial charge in [0.1, 0.15) is 12.2 Å². The van der Waals surface area contributed by atoms with Crippen LogP contribution in [0.2, 0.25) is 0 Å². The normalized spacial score (nSPS) is 17.9. The number of imide groups is 1. The van der Waals surface area contributed by atoms with Gasteiger partial charge in [0.2, 0.25) is 35.9 Å². The summed E-state index contributed by atoms with van der Waals surface area (Å²) in [6, 6.07) is 18.1. The monoisotopic (exact) mass is 612 g/mol. The van der Waals surface area contributed by atoms with Crippen LogP contribution >= 0.6 is 11.3 Å². The molecule has 2 aliphatic rings. The van der Waals surface area contributed by atoms with Gasteiger partial charge in [-0.25, -0.2) is 0 Å². The van der Waals surface area contributed by atoms with Crippen molar-refractivity contribution in [3.63, 3.8) is 0 Å². The van der Waals surface area contributed by atoms with E-state index in [1.807, 2.05) is 46.7 Å². The highest BCUT2D eigenvalue weighted by molar-refractivity contribution is 7.10. The molecule has 226 valence electrons. The molecule has 2 aromatic carbocycles. The number of benzene rings is 2. The van der Waals surface area contributed by atoms with Gasteiger partial charge in [-0.3, -0.25) is 24.1 Å². The molecule has 0 aliphatic carbocycles. The largest absolute Gasteiger partial charge is 0.416 e. The van der Waals surface area contributed by atoms with Crippen LogP contribution in [0.4, 0.5) is 11.4 Å². The number of likely N-dealkylation sites (tertiary alicyclic amines) is 1. The van der Waals surface area contributed by atoms with Crippen molar-refractivity contribution in [3.8, 4) is 22.9 Å². The molecule has 0 saturated carbocycles. The topological polar surface area (TPSA) is 129 Å². The van der Waals surface area contributed by atoms with Crippen molar-refractivity contribution >= 4 is 46.8 Å². The molecule has 44 heavy (non-hydrogen) atoms. The van der Waals surface area contributed by atoms with E-state index in [1.165, 1.54) is 11.8 Å². The van der Waals surface area contributed by atoms with Crippen LogP contribution in [-0.2, 0) is 25.6 Å². The van der Waals surface area contributed by atoms with Crippen LogP contribution < -0.4 is 10.2 Å². The van der Waals surface area contributed by atoms with E-state index in [-0.39, 0.29) is 23.9 Å². The first-order valence-electron chi connectivity index (χ1n) is 14.6. The summed E-state index contributed by atoms with van der Waals surface area (Å²) in [6.45, 7) is 2.72. The highest BCUT2D eigenvalue weighted by Gasteiger charge is 2.34. The standard InChI is InChI=1S/C32H32N6O5S/c1-21(40)38(20-39)28-7-3-16-36(28)25-14-10-23(11-15-25)32-35-34-31(43-32)22-8-12-24(13-9-22)33-30(42)27-6-2-17-37(27)29(41)19-26-5-4-18-44-26/h4-5,8-15,18,20,27-28H,2-3,6-7,16-17,19H2,1H3,(H,33,42)/t27-,28?/m0/s1. The van der Waals surface area contributed by atoms with Gasteiger partial charge in [0.25, 0.3) is 0 Å². The Morgan fingerprint density at radius 1 is 0.977 bits per heavy atom. The number of nitrogens with zero attached hydrogens (tertiary/aromatic N) is 5. The summed E-state index contributed by atoms with van der Waals surface area (Å²) < 4.78 is 5.95. The lowest BCUT2D eigenvalue weighted by Crippen LogP contribution is -2.46. The van der Waals surface area contributed by atoms with Crippen molar-refractivity contribution in [1.29, 1.82) is 0 Å². The molecule has 4 aromatic rings. The van der Waals surface area contributed by atoms with E-state index in [4.69, 9.17) is 4.42 Å². The van der Waals surface area contributed by atoms with E-state index in [0.29, 0.717) is 48.8 Å². The average molecular weight is 613 g/mol. The van der Waals surface area contributed by atoms with Gasteiger partial charge in [-0.05, 0) is 85.7 Å². The van der Waals surface area contributed by atoms with Crippen LogP contribution in [0.25, 0.3) is 22.9 Å². The Labute approximate surface area is 258 Å². The molecule has 2 atom stereocenters. The summed E-state index contributed by atoms with van der Waals surface area (Å²) in [6.07, 6.45) is 3.66. The fourth-order valence-electron chi connectivity index (χ4n) is 5.87. The van der Waals surface area contributed by atoms with Crippen molar-refractivity contribution in [2.24, 2.45) is 0 Å². The number of rotatable bonds is 9. The third-order valence-electron chi connectivity index (χ3n) is 8.07. The number of carbonyl (C=O) groups is 4. The summed E-state index contributed by atoms with van der Waals surface area (Å²) in [5, 5.41) is 13.3. The first-order valence-corrected chi connectivity index (χ1v) is 15.5. The Morgan fingerprint density at radius 3 is 2.30 bits per heavy atom. The molecule has 2 aromatic heterocycles. The highest BCUT2D eigenvalue weighted by atomic mass is 32.1. The van der Waals surface area contributed by atoms with E-state index < -0.39 is 6.04 Å². The summed E-state index contributed by atoms with van der Waals surface area (Å²) >= 11 is 1.54. The summed E-state index contributed by atoms with van der Waals surface area (Å²) in [5.74, 6) is 0.193. The number of thiophene rings is 1. The fraction of sp³-hybridized carbons (Fsp3) is 0.312. The maximum Gasteiger partial charge on any atom is 0.248 e. The zero-order chi connectivity index (χ0) is 30.6. The van der Waals surface area contributed by atoms with Gasteiger partial charge in [-0.2, -0.15) is 0 Å². The zero-order valence-electron chi connectivity index (χ0n) is 24.2. The van der Waals surface area contributed by atoms with Gasteiger partial charge in [-0.15, -0.1) is 21.5 Å². The Kier molecular flexibility index (Phi) is 8.51. The maximum absolute atomic E-state index is 13.1. The minimum absolute atomic E-state index is 0.0277. The Morgan fingerprint density at radius 2 is 1.66 bits per heavy atom. The molecule has 2 saturated heterocycles. The minimum Gasteiger partial charge on any atom is -0.416 e. The number of aromatic nitrogens is 2. The van der Waals surface area contributed by atoms with Crippen LogP contribution in [-0.4, -0.2) is 69.4 Å². The third kappa shape index (κ3) is 6.11. The minimum atomic E-state index is -0.485.